The summed E-state index contributed by atoms with van der Waals surface area (Å²) in [5.74, 6) is 0.969. The van der Waals surface area contributed by atoms with E-state index in [0.717, 1.165) is 5.92 Å². The molecule has 1 rings (SSSR count). The fourth-order valence-electron chi connectivity index (χ4n) is 1.20. The van der Waals surface area contributed by atoms with Crippen LogP contribution in [-0.4, -0.2) is 0 Å². The van der Waals surface area contributed by atoms with Crippen molar-refractivity contribution in [2.24, 2.45) is 5.92 Å². The van der Waals surface area contributed by atoms with Crippen LogP contribution in [0.15, 0.2) is 11.6 Å². The Morgan fingerprint density at radius 2 is 2.20 bits per heavy atom. The second-order valence-electron chi connectivity index (χ2n) is 3.45. The van der Waals surface area contributed by atoms with Crippen LogP contribution >= 0.6 is 0 Å². The van der Waals surface area contributed by atoms with E-state index >= 15 is 0 Å². The first-order valence-corrected chi connectivity index (χ1v) is 4.50. The Labute approximate surface area is 64.3 Å². The van der Waals surface area contributed by atoms with Crippen LogP contribution in [0.1, 0.15) is 46.0 Å². The van der Waals surface area contributed by atoms with Crippen LogP contribution in [-0.2, 0) is 0 Å². The summed E-state index contributed by atoms with van der Waals surface area (Å²) < 4.78 is 0. The molecule has 0 radical (unpaired) electrons. The summed E-state index contributed by atoms with van der Waals surface area (Å²) >= 11 is 0. The van der Waals surface area contributed by atoms with Gasteiger partial charge in [-0.2, -0.15) is 0 Å². The minimum absolute atomic E-state index is 0.969. The molecule has 1 aliphatic carbocycles. The zero-order valence-electron chi connectivity index (χ0n) is 7.19. The van der Waals surface area contributed by atoms with Gasteiger partial charge in [-0.1, -0.05) is 25.0 Å². The Bertz CT molecular complexity index is 118. The lowest BCUT2D eigenvalue weighted by Gasteiger charge is -1.97. The summed E-state index contributed by atoms with van der Waals surface area (Å²) in [6, 6.07) is 0. The standard InChI is InChI=1S/C10H18/c1-3-4-5-9(2)8-10-6-7-10/h8,10H,3-7H2,1-2H3. The van der Waals surface area contributed by atoms with Crippen LogP contribution in [0.5, 0.6) is 0 Å². The normalized spacial score (nSPS) is 19.6. The highest BCUT2D eigenvalue weighted by Crippen LogP contribution is 2.31. The third-order valence-corrected chi connectivity index (χ3v) is 2.07. The third kappa shape index (κ3) is 3.05. The van der Waals surface area contributed by atoms with Crippen molar-refractivity contribution in [1.82, 2.24) is 0 Å². The van der Waals surface area contributed by atoms with Crippen LogP contribution in [0.25, 0.3) is 0 Å². The minimum Gasteiger partial charge on any atom is -0.0825 e. The molecule has 0 aromatic rings. The average Bonchev–Trinajstić information content (AvgIpc) is 2.67. The monoisotopic (exact) mass is 138 g/mol. The molecule has 0 aromatic heterocycles. The smallest absolute Gasteiger partial charge is 0.0231 e. The summed E-state index contributed by atoms with van der Waals surface area (Å²) in [4.78, 5) is 0. The summed E-state index contributed by atoms with van der Waals surface area (Å²) in [6.45, 7) is 4.53. The molecule has 0 atom stereocenters. The van der Waals surface area contributed by atoms with Gasteiger partial charge in [0.2, 0.25) is 0 Å². The highest BCUT2D eigenvalue weighted by atomic mass is 14.2. The van der Waals surface area contributed by atoms with Gasteiger partial charge < -0.3 is 0 Å². The lowest BCUT2D eigenvalue weighted by atomic mass is 10.1. The van der Waals surface area contributed by atoms with Crippen molar-refractivity contribution in [3.8, 4) is 0 Å². The highest BCUT2D eigenvalue weighted by molar-refractivity contribution is 5.05. The van der Waals surface area contributed by atoms with Crippen molar-refractivity contribution in [2.75, 3.05) is 0 Å². The zero-order valence-corrected chi connectivity index (χ0v) is 7.19. The van der Waals surface area contributed by atoms with Gasteiger partial charge in [-0.25, -0.2) is 0 Å². The molecule has 0 saturated heterocycles. The largest absolute Gasteiger partial charge is 0.0825 e. The molecule has 0 spiro atoms. The summed E-state index contributed by atoms with van der Waals surface area (Å²) in [6.07, 6.45) is 9.39. The van der Waals surface area contributed by atoms with Crippen molar-refractivity contribution in [1.29, 1.82) is 0 Å². The molecule has 0 amide bonds. The van der Waals surface area contributed by atoms with E-state index in [-0.39, 0.29) is 0 Å². The molecule has 0 N–H and O–H groups in total. The van der Waals surface area contributed by atoms with E-state index in [1.807, 2.05) is 0 Å². The predicted molar refractivity (Wildman–Crippen MR) is 46.0 cm³/mol. The topological polar surface area (TPSA) is 0 Å². The molecule has 0 aromatic carbocycles. The van der Waals surface area contributed by atoms with E-state index in [0.29, 0.717) is 0 Å². The van der Waals surface area contributed by atoms with E-state index in [2.05, 4.69) is 19.9 Å². The fourth-order valence-corrected chi connectivity index (χ4v) is 1.20. The summed E-state index contributed by atoms with van der Waals surface area (Å²) in [5.41, 5.74) is 1.62. The van der Waals surface area contributed by atoms with E-state index in [9.17, 15) is 0 Å². The second-order valence-corrected chi connectivity index (χ2v) is 3.45. The maximum absolute atomic E-state index is 2.47. The van der Waals surface area contributed by atoms with Gasteiger partial charge in [0.25, 0.3) is 0 Å². The van der Waals surface area contributed by atoms with E-state index in [1.165, 1.54) is 32.1 Å². The Morgan fingerprint density at radius 3 is 2.70 bits per heavy atom. The van der Waals surface area contributed by atoms with E-state index in [1.54, 1.807) is 5.57 Å². The molecule has 0 aliphatic heterocycles. The van der Waals surface area contributed by atoms with Crippen molar-refractivity contribution in [3.05, 3.63) is 11.6 Å². The van der Waals surface area contributed by atoms with Crippen LogP contribution in [0.3, 0.4) is 0 Å². The Hall–Kier alpha value is -0.260. The number of hydrogen-bond acceptors (Lipinski definition) is 0. The van der Waals surface area contributed by atoms with Gasteiger partial charge in [0.1, 0.15) is 0 Å². The first-order valence-electron chi connectivity index (χ1n) is 4.50. The van der Waals surface area contributed by atoms with Crippen LogP contribution in [0.4, 0.5) is 0 Å². The maximum Gasteiger partial charge on any atom is -0.0231 e. The number of rotatable bonds is 4. The fraction of sp³-hybridized carbons (Fsp3) is 0.800. The Morgan fingerprint density at radius 1 is 1.50 bits per heavy atom. The summed E-state index contributed by atoms with van der Waals surface area (Å²) in [7, 11) is 0. The van der Waals surface area contributed by atoms with Gasteiger partial charge in [-0.3, -0.25) is 0 Å². The van der Waals surface area contributed by atoms with Crippen molar-refractivity contribution in [3.63, 3.8) is 0 Å². The molecule has 0 bridgehead atoms. The van der Waals surface area contributed by atoms with Crippen LogP contribution < -0.4 is 0 Å². The summed E-state index contributed by atoms with van der Waals surface area (Å²) in [5, 5.41) is 0. The molecule has 1 aliphatic rings. The molecule has 1 saturated carbocycles. The average molecular weight is 138 g/mol. The quantitative estimate of drug-likeness (QED) is 0.521. The maximum atomic E-state index is 2.47. The molecule has 58 valence electrons. The molecule has 10 heavy (non-hydrogen) atoms. The lowest BCUT2D eigenvalue weighted by Crippen LogP contribution is -1.77. The van der Waals surface area contributed by atoms with Gasteiger partial charge in [-0.15, -0.1) is 0 Å². The lowest BCUT2D eigenvalue weighted by molar-refractivity contribution is 0.781. The molecule has 0 heteroatoms. The number of unbranched alkanes of at least 4 members (excludes halogenated alkanes) is 1. The Kier molecular flexibility index (Phi) is 2.98. The van der Waals surface area contributed by atoms with Crippen molar-refractivity contribution < 1.29 is 0 Å². The number of allylic oxidation sites excluding steroid dienone is 2. The molecule has 0 heterocycles. The van der Waals surface area contributed by atoms with Crippen LogP contribution in [0.2, 0.25) is 0 Å². The molecular formula is C10H18. The van der Waals surface area contributed by atoms with Crippen LogP contribution in [0, 0.1) is 5.92 Å². The predicted octanol–water partition coefficient (Wildman–Crippen LogP) is 3.53. The second kappa shape index (κ2) is 3.80. The van der Waals surface area contributed by atoms with Crippen molar-refractivity contribution >= 4 is 0 Å². The molecule has 0 nitrogen and oxygen atoms in total. The zero-order chi connectivity index (χ0) is 7.40. The molecule has 0 unspecified atom stereocenters. The number of hydrogen-bond donors (Lipinski definition) is 0. The van der Waals surface area contributed by atoms with Gasteiger partial charge in [0.15, 0.2) is 0 Å². The Balaban J connectivity index is 2.11. The van der Waals surface area contributed by atoms with Gasteiger partial charge in [0.05, 0.1) is 0 Å². The molecular weight excluding hydrogens is 120 g/mol. The SMILES string of the molecule is CCCCC(C)=CC1CC1. The van der Waals surface area contributed by atoms with Gasteiger partial charge >= 0.3 is 0 Å². The third-order valence-electron chi connectivity index (χ3n) is 2.07. The van der Waals surface area contributed by atoms with Crippen molar-refractivity contribution in [2.45, 2.75) is 46.0 Å². The molecule has 1 fully saturated rings. The van der Waals surface area contributed by atoms with E-state index < -0.39 is 0 Å². The van der Waals surface area contributed by atoms with Gasteiger partial charge in [-0.05, 0) is 38.5 Å². The first kappa shape index (κ1) is 7.84. The highest BCUT2D eigenvalue weighted by Gasteiger charge is 2.17. The first-order chi connectivity index (χ1) is 4.83. The van der Waals surface area contributed by atoms with Gasteiger partial charge in [0, 0.05) is 0 Å². The minimum atomic E-state index is 0.969. The van der Waals surface area contributed by atoms with E-state index in [4.69, 9.17) is 0 Å².